The average molecular weight is 422 g/mol. The van der Waals surface area contributed by atoms with Crippen molar-refractivity contribution in [3.8, 4) is 0 Å². The van der Waals surface area contributed by atoms with Crippen molar-refractivity contribution in [3.05, 3.63) is 17.0 Å². The van der Waals surface area contributed by atoms with Gasteiger partial charge in [0.1, 0.15) is 4.21 Å². The summed E-state index contributed by atoms with van der Waals surface area (Å²) in [6.07, 6.45) is 4.57. The molecule has 2 aliphatic rings. The first kappa shape index (κ1) is 21.6. The molecule has 0 radical (unpaired) electrons. The van der Waals surface area contributed by atoms with Crippen LogP contribution in [0.5, 0.6) is 0 Å². The second-order valence-corrected chi connectivity index (χ2v) is 10.2. The Kier molecular flexibility index (Phi) is 7.90. The summed E-state index contributed by atoms with van der Waals surface area (Å²) in [4.78, 5) is 13.2. The van der Waals surface area contributed by atoms with Crippen LogP contribution in [0.25, 0.3) is 0 Å². The molecule has 1 amide bonds. The maximum Gasteiger partial charge on any atom is 0.252 e. The third-order valence-corrected chi connectivity index (χ3v) is 8.57. The third kappa shape index (κ3) is 4.98. The number of halogens is 1. The topological polar surface area (TPSA) is 78.5 Å². The van der Waals surface area contributed by atoms with Crippen molar-refractivity contribution in [2.45, 2.75) is 49.3 Å². The molecular weight excluding hydrogens is 394 g/mol. The molecule has 2 atom stereocenters. The number of carbonyl (C=O) groups is 1. The summed E-state index contributed by atoms with van der Waals surface area (Å²) in [7, 11) is -3.41. The Morgan fingerprint density at radius 3 is 2.81 bits per heavy atom. The van der Waals surface area contributed by atoms with E-state index in [0.717, 1.165) is 43.5 Å². The van der Waals surface area contributed by atoms with Gasteiger partial charge >= 0.3 is 0 Å². The summed E-state index contributed by atoms with van der Waals surface area (Å²) in [5.74, 6) is 0.225. The molecule has 3 heterocycles. The summed E-state index contributed by atoms with van der Waals surface area (Å²) in [5, 5.41) is 6.19. The van der Waals surface area contributed by atoms with E-state index in [4.69, 9.17) is 0 Å². The maximum absolute atomic E-state index is 12.8. The minimum absolute atomic E-state index is 0. The van der Waals surface area contributed by atoms with E-state index in [1.54, 1.807) is 10.4 Å². The Morgan fingerprint density at radius 2 is 2.15 bits per heavy atom. The van der Waals surface area contributed by atoms with Crippen LogP contribution < -0.4 is 10.6 Å². The Labute approximate surface area is 166 Å². The van der Waals surface area contributed by atoms with Crippen LogP contribution in [0.2, 0.25) is 0 Å². The molecule has 0 aromatic carbocycles. The SMILES string of the molecule is CCc1ccc(S(=O)(=O)N2CCCC(CNC(=O)C3CCCN3)C2)s1.Cl. The largest absolute Gasteiger partial charge is 0.354 e. The molecule has 2 unspecified atom stereocenters. The number of rotatable bonds is 6. The van der Waals surface area contributed by atoms with Gasteiger partial charge in [-0.05, 0) is 56.7 Å². The first-order valence-electron chi connectivity index (χ1n) is 9.10. The van der Waals surface area contributed by atoms with Crippen molar-refractivity contribution in [1.29, 1.82) is 0 Å². The van der Waals surface area contributed by atoms with Gasteiger partial charge in [-0.25, -0.2) is 8.42 Å². The molecule has 2 N–H and O–H groups in total. The molecule has 1 aromatic rings. The molecule has 0 saturated carbocycles. The van der Waals surface area contributed by atoms with Crippen LogP contribution >= 0.6 is 23.7 Å². The summed E-state index contributed by atoms with van der Waals surface area (Å²) >= 11 is 1.36. The predicted molar refractivity (Wildman–Crippen MR) is 106 cm³/mol. The zero-order valence-electron chi connectivity index (χ0n) is 15.1. The smallest absolute Gasteiger partial charge is 0.252 e. The molecule has 148 valence electrons. The van der Waals surface area contributed by atoms with Gasteiger partial charge in [-0.3, -0.25) is 4.79 Å². The highest BCUT2D eigenvalue weighted by Gasteiger charge is 2.32. The van der Waals surface area contributed by atoms with E-state index in [0.29, 0.717) is 23.8 Å². The molecule has 1 aromatic heterocycles. The van der Waals surface area contributed by atoms with Crippen LogP contribution in [-0.2, 0) is 21.2 Å². The van der Waals surface area contributed by atoms with E-state index in [1.807, 2.05) is 13.0 Å². The number of sulfonamides is 1. The Hall–Kier alpha value is -0.670. The van der Waals surface area contributed by atoms with Crippen LogP contribution in [-0.4, -0.2) is 50.9 Å². The second kappa shape index (κ2) is 9.50. The Morgan fingerprint density at radius 1 is 1.35 bits per heavy atom. The molecular formula is C17H28ClN3O3S2. The number of thiophene rings is 1. The predicted octanol–water partition coefficient (Wildman–Crippen LogP) is 2.00. The van der Waals surface area contributed by atoms with Crippen LogP contribution in [0, 0.1) is 5.92 Å². The van der Waals surface area contributed by atoms with Gasteiger partial charge in [0.2, 0.25) is 5.91 Å². The van der Waals surface area contributed by atoms with Crippen LogP contribution in [0.3, 0.4) is 0 Å². The molecule has 2 fully saturated rings. The highest BCUT2D eigenvalue weighted by molar-refractivity contribution is 7.91. The zero-order valence-corrected chi connectivity index (χ0v) is 17.5. The summed E-state index contributed by atoms with van der Waals surface area (Å²) in [6.45, 7) is 4.53. The Bertz CT molecular complexity index is 702. The van der Waals surface area contributed by atoms with Gasteiger partial charge in [0.25, 0.3) is 10.0 Å². The molecule has 0 aliphatic carbocycles. The van der Waals surface area contributed by atoms with Gasteiger partial charge in [0.05, 0.1) is 6.04 Å². The second-order valence-electron chi connectivity index (χ2n) is 6.84. The fourth-order valence-electron chi connectivity index (χ4n) is 3.50. The van der Waals surface area contributed by atoms with Gasteiger partial charge in [0, 0.05) is 24.5 Å². The normalized spacial score (nSPS) is 24.2. The highest BCUT2D eigenvalue weighted by Crippen LogP contribution is 2.28. The van der Waals surface area contributed by atoms with Gasteiger partial charge < -0.3 is 10.6 Å². The zero-order chi connectivity index (χ0) is 17.9. The van der Waals surface area contributed by atoms with E-state index >= 15 is 0 Å². The van der Waals surface area contributed by atoms with E-state index in [1.165, 1.54) is 11.3 Å². The van der Waals surface area contributed by atoms with Crippen molar-refractivity contribution < 1.29 is 13.2 Å². The molecule has 2 aliphatic heterocycles. The summed E-state index contributed by atoms with van der Waals surface area (Å²) in [6, 6.07) is 3.53. The van der Waals surface area contributed by atoms with E-state index in [2.05, 4.69) is 10.6 Å². The molecule has 0 spiro atoms. The van der Waals surface area contributed by atoms with Crippen LogP contribution in [0.15, 0.2) is 16.3 Å². The van der Waals surface area contributed by atoms with Crippen LogP contribution in [0.1, 0.15) is 37.5 Å². The van der Waals surface area contributed by atoms with Crippen molar-refractivity contribution in [2.75, 3.05) is 26.2 Å². The third-order valence-electron chi connectivity index (χ3n) is 5.00. The number of nitrogens with zero attached hydrogens (tertiary/aromatic N) is 1. The summed E-state index contributed by atoms with van der Waals surface area (Å²) < 4.78 is 27.7. The van der Waals surface area contributed by atoms with E-state index in [-0.39, 0.29) is 30.3 Å². The van der Waals surface area contributed by atoms with Gasteiger partial charge in [-0.15, -0.1) is 23.7 Å². The number of nitrogens with one attached hydrogen (secondary N) is 2. The van der Waals surface area contributed by atoms with Crippen molar-refractivity contribution >= 4 is 39.7 Å². The minimum atomic E-state index is -3.41. The molecule has 0 bridgehead atoms. The average Bonchev–Trinajstić information content (AvgIpc) is 3.31. The van der Waals surface area contributed by atoms with E-state index in [9.17, 15) is 13.2 Å². The monoisotopic (exact) mass is 421 g/mol. The quantitative estimate of drug-likeness (QED) is 0.736. The maximum atomic E-state index is 12.8. The standard InChI is InChI=1S/C17H27N3O3S2.ClH/c1-2-14-7-8-16(24-14)25(22,23)20-10-4-5-13(12-20)11-19-17(21)15-6-3-9-18-15;/h7-8,13,15,18H,2-6,9-12H2,1H3,(H,19,21);1H. The number of piperidine rings is 1. The lowest BCUT2D eigenvalue weighted by Gasteiger charge is -2.31. The lowest BCUT2D eigenvalue weighted by atomic mass is 9.99. The number of amides is 1. The van der Waals surface area contributed by atoms with E-state index < -0.39 is 10.0 Å². The fourth-order valence-corrected chi connectivity index (χ4v) is 6.51. The van der Waals surface area contributed by atoms with Crippen molar-refractivity contribution in [1.82, 2.24) is 14.9 Å². The molecule has 26 heavy (non-hydrogen) atoms. The van der Waals surface area contributed by atoms with Crippen LogP contribution in [0.4, 0.5) is 0 Å². The molecule has 2 saturated heterocycles. The molecule has 3 rings (SSSR count). The van der Waals surface area contributed by atoms with Crippen molar-refractivity contribution in [2.24, 2.45) is 5.92 Å². The van der Waals surface area contributed by atoms with Gasteiger partial charge in [-0.1, -0.05) is 6.92 Å². The first-order chi connectivity index (χ1) is 12.0. The number of hydrogen-bond donors (Lipinski definition) is 2. The lowest BCUT2D eigenvalue weighted by molar-refractivity contribution is -0.123. The number of hydrogen-bond acceptors (Lipinski definition) is 5. The number of aryl methyl sites for hydroxylation is 1. The first-order valence-corrected chi connectivity index (χ1v) is 11.4. The van der Waals surface area contributed by atoms with Gasteiger partial charge in [0.15, 0.2) is 0 Å². The lowest BCUT2D eigenvalue weighted by Crippen LogP contribution is -2.46. The highest BCUT2D eigenvalue weighted by atomic mass is 35.5. The number of carbonyl (C=O) groups excluding carboxylic acids is 1. The van der Waals surface area contributed by atoms with Gasteiger partial charge in [-0.2, -0.15) is 4.31 Å². The minimum Gasteiger partial charge on any atom is -0.354 e. The summed E-state index contributed by atoms with van der Waals surface area (Å²) in [5.41, 5.74) is 0. The molecule has 6 nitrogen and oxygen atoms in total. The van der Waals surface area contributed by atoms with Crippen molar-refractivity contribution in [3.63, 3.8) is 0 Å². The fraction of sp³-hybridized carbons (Fsp3) is 0.706. The molecule has 9 heteroatoms. The Balaban J connectivity index is 0.00000243.